The van der Waals surface area contributed by atoms with Crippen molar-refractivity contribution in [3.8, 4) is 5.75 Å². The summed E-state index contributed by atoms with van der Waals surface area (Å²) < 4.78 is 5.30. The summed E-state index contributed by atoms with van der Waals surface area (Å²) in [6.45, 7) is 2.53. The second kappa shape index (κ2) is 11.7. The molecule has 0 unspecified atom stereocenters. The van der Waals surface area contributed by atoms with E-state index in [0.717, 1.165) is 17.5 Å². The van der Waals surface area contributed by atoms with Crippen molar-refractivity contribution in [2.24, 2.45) is 0 Å². The fourth-order valence-corrected chi connectivity index (χ4v) is 3.78. The second-order valence-electron chi connectivity index (χ2n) is 7.64. The predicted molar refractivity (Wildman–Crippen MR) is 128 cm³/mol. The van der Waals surface area contributed by atoms with E-state index in [4.69, 9.17) is 4.74 Å². The lowest BCUT2D eigenvalue weighted by molar-refractivity contribution is -0.134. The van der Waals surface area contributed by atoms with Crippen LogP contribution in [0.2, 0.25) is 0 Å². The molecule has 166 valence electrons. The summed E-state index contributed by atoms with van der Waals surface area (Å²) in [5.74, 6) is 0.232. The molecule has 32 heavy (non-hydrogen) atoms. The molecule has 0 aliphatic carbocycles. The average molecular weight is 431 g/mol. The number of nitrogens with one attached hydrogen (secondary N) is 1. The Kier molecular flexibility index (Phi) is 8.44. The van der Waals surface area contributed by atoms with Crippen molar-refractivity contribution in [2.75, 3.05) is 25.5 Å². The molecule has 3 aromatic carbocycles. The van der Waals surface area contributed by atoms with Gasteiger partial charge in [0, 0.05) is 18.9 Å². The standard InChI is InChI=1S/C27H30N2O3/c1-3-18-29(20-26(30)28-24-16-10-11-17-25(24)32-2)27(31)19-23(21-12-6-4-7-13-21)22-14-8-5-9-15-22/h4-17,23H,3,18-20H2,1-2H3,(H,28,30). The fraction of sp³-hybridized carbons (Fsp3) is 0.259. The minimum absolute atomic E-state index is 0.00101. The summed E-state index contributed by atoms with van der Waals surface area (Å²) in [6, 6.07) is 27.3. The normalized spacial score (nSPS) is 10.6. The van der Waals surface area contributed by atoms with Crippen molar-refractivity contribution < 1.29 is 14.3 Å². The first-order chi connectivity index (χ1) is 15.6. The Morgan fingerprint density at radius 1 is 0.875 bits per heavy atom. The van der Waals surface area contributed by atoms with Crippen LogP contribution < -0.4 is 10.1 Å². The highest BCUT2D eigenvalue weighted by atomic mass is 16.5. The molecule has 0 heterocycles. The molecule has 3 rings (SSSR count). The maximum absolute atomic E-state index is 13.3. The minimum Gasteiger partial charge on any atom is -0.495 e. The number of nitrogens with zero attached hydrogens (tertiary/aromatic N) is 1. The third kappa shape index (κ3) is 6.20. The third-order valence-electron chi connectivity index (χ3n) is 5.34. The largest absolute Gasteiger partial charge is 0.495 e. The lowest BCUT2D eigenvalue weighted by Gasteiger charge is -2.25. The predicted octanol–water partition coefficient (Wildman–Crippen LogP) is 5.09. The van der Waals surface area contributed by atoms with Crippen molar-refractivity contribution in [1.29, 1.82) is 0 Å². The van der Waals surface area contributed by atoms with Crippen LogP contribution in [0.15, 0.2) is 84.9 Å². The third-order valence-corrected chi connectivity index (χ3v) is 5.34. The van der Waals surface area contributed by atoms with Crippen LogP contribution in [0, 0.1) is 0 Å². The van der Waals surface area contributed by atoms with Crippen molar-refractivity contribution in [1.82, 2.24) is 4.90 Å². The van der Waals surface area contributed by atoms with E-state index in [1.54, 1.807) is 24.1 Å². The van der Waals surface area contributed by atoms with Crippen LogP contribution in [0.1, 0.15) is 36.8 Å². The zero-order valence-electron chi connectivity index (χ0n) is 18.7. The van der Waals surface area contributed by atoms with Gasteiger partial charge >= 0.3 is 0 Å². The topological polar surface area (TPSA) is 58.6 Å². The molecule has 0 aromatic heterocycles. The van der Waals surface area contributed by atoms with E-state index in [9.17, 15) is 9.59 Å². The number of hydrogen-bond donors (Lipinski definition) is 1. The molecule has 0 aliphatic rings. The number of ether oxygens (including phenoxy) is 1. The Morgan fingerprint density at radius 3 is 2.00 bits per heavy atom. The molecule has 0 aliphatic heterocycles. The monoisotopic (exact) mass is 430 g/mol. The first kappa shape index (κ1) is 23.1. The lowest BCUT2D eigenvalue weighted by atomic mass is 9.88. The number of para-hydroxylation sites is 2. The van der Waals surface area contributed by atoms with Crippen molar-refractivity contribution in [3.05, 3.63) is 96.1 Å². The van der Waals surface area contributed by atoms with Gasteiger partial charge in [-0.2, -0.15) is 0 Å². The van der Waals surface area contributed by atoms with Crippen LogP contribution in [-0.4, -0.2) is 36.9 Å². The van der Waals surface area contributed by atoms with E-state index in [1.165, 1.54) is 0 Å². The second-order valence-corrected chi connectivity index (χ2v) is 7.64. The Labute approximate surface area is 190 Å². The van der Waals surface area contributed by atoms with Crippen molar-refractivity contribution in [2.45, 2.75) is 25.7 Å². The molecule has 2 amide bonds. The van der Waals surface area contributed by atoms with Gasteiger partial charge in [-0.05, 0) is 29.7 Å². The van der Waals surface area contributed by atoms with Gasteiger partial charge < -0.3 is 15.0 Å². The molecule has 5 heteroatoms. The number of hydrogen-bond acceptors (Lipinski definition) is 3. The molecule has 5 nitrogen and oxygen atoms in total. The number of methoxy groups -OCH3 is 1. The van der Waals surface area contributed by atoms with Gasteiger partial charge in [-0.25, -0.2) is 0 Å². The highest BCUT2D eigenvalue weighted by Gasteiger charge is 2.23. The molecule has 0 fully saturated rings. The number of anilines is 1. The number of carbonyl (C=O) groups is 2. The van der Waals surface area contributed by atoms with Crippen molar-refractivity contribution >= 4 is 17.5 Å². The zero-order chi connectivity index (χ0) is 22.8. The maximum Gasteiger partial charge on any atom is 0.244 e. The lowest BCUT2D eigenvalue weighted by Crippen LogP contribution is -2.39. The molecule has 0 radical (unpaired) electrons. The summed E-state index contributed by atoms with van der Waals surface area (Å²) in [5.41, 5.74) is 2.76. The molecular formula is C27H30N2O3. The molecule has 0 bridgehead atoms. The highest BCUT2D eigenvalue weighted by molar-refractivity contribution is 5.95. The van der Waals surface area contributed by atoms with Gasteiger partial charge in [0.1, 0.15) is 5.75 Å². The zero-order valence-corrected chi connectivity index (χ0v) is 18.7. The number of benzene rings is 3. The van der Waals surface area contributed by atoms with Gasteiger partial charge in [-0.3, -0.25) is 9.59 Å². The first-order valence-corrected chi connectivity index (χ1v) is 10.9. The van der Waals surface area contributed by atoms with Crippen LogP contribution in [0.4, 0.5) is 5.69 Å². The van der Waals surface area contributed by atoms with E-state index in [1.807, 2.05) is 79.7 Å². The van der Waals surface area contributed by atoms with Gasteiger partial charge in [0.25, 0.3) is 0 Å². The first-order valence-electron chi connectivity index (χ1n) is 10.9. The van der Waals surface area contributed by atoms with Gasteiger partial charge in [0.15, 0.2) is 0 Å². The van der Waals surface area contributed by atoms with Gasteiger partial charge in [-0.15, -0.1) is 0 Å². The van der Waals surface area contributed by atoms with Crippen molar-refractivity contribution in [3.63, 3.8) is 0 Å². The SMILES string of the molecule is CCCN(CC(=O)Nc1ccccc1OC)C(=O)CC(c1ccccc1)c1ccccc1. The van der Waals surface area contributed by atoms with Crippen LogP contribution in [-0.2, 0) is 9.59 Å². The Balaban J connectivity index is 1.74. The Bertz CT molecular complexity index is 966. The summed E-state index contributed by atoms with van der Waals surface area (Å²) in [6.07, 6.45) is 1.07. The van der Waals surface area contributed by atoms with Crippen LogP contribution in [0.5, 0.6) is 5.75 Å². The molecule has 0 saturated carbocycles. The van der Waals surface area contributed by atoms with Gasteiger partial charge in [0.2, 0.25) is 11.8 Å². The minimum atomic E-state index is -0.243. The summed E-state index contributed by atoms with van der Waals surface area (Å²) >= 11 is 0. The van der Waals surface area contributed by atoms with E-state index >= 15 is 0 Å². The Morgan fingerprint density at radius 2 is 1.44 bits per heavy atom. The molecule has 0 spiro atoms. The smallest absolute Gasteiger partial charge is 0.244 e. The van der Waals surface area contributed by atoms with E-state index in [0.29, 0.717) is 24.4 Å². The van der Waals surface area contributed by atoms with E-state index < -0.39 is 0 Å². The highest BCUT2D eigenvalue weighted by Crippen LogP contribution is 2.29. The summed E-state index contributed by atoms with van der Waals surface area (Å²) in [4.78, 5) is 27.7. The van der Waals surface area contributed by atoms with Crippen LogP contribution in [0.3, 0.4) is 0 Å². The molecule has 0 saturated heterocycles. The van der Waals surface area contributed by atoms with E-state index in [-0.39, 0.29) is 24.3 Å². The molecule has 0 atom stereocenters. The van der Waals surface area contributed by atoms with Gasteiger partial charge in [0.05, 0.1) is 19.3 Å². The average Bonchev–Trinajstić information content (AvgIpc) is 2.83. The van der Waals surface area contributed by atoms with Crippen LogP contribution in [0.25, 0.3) is 0 Å². The molecule has 3 aromatic rings. The molecule has 1 N–H and O–H groups in total. The maximum atomic E-state index is 13.3. The van der Waals surface area contributed by atoms with Gasteiger partial charge in [-0.1, -0.05) is 79.7 Å². The quantitative estimate of drug-likeness (QED) is 0.487. The number of rotatable bonds is 10. The summed E-state index contributed by atoms with van der Waals surface area (Å²) in [5, 5.41) is 2.86. The summed E-state index contributed by atoms with van der Waals surface area (Å²) in [7, 11) is 1.56. The Hall–Kier alpha value is -3.60. The molecular weight excluding hydrogens is 400 g/mol. The van der Waals surface area contributed by atoms with E-state index in [2.05, 4.69) is 5.32 Å². The number of amides is 2. The fourth-order valence-electron chi connectivity index (χ4n) is 3.78. The number of carbonyl (C=O) groups excluding carboxylic acids is 2. The van der Waals surface area contributed by atoms with Crippen LogP contribution >= 0.6 is 0 Å².